The highest BCUT2D eigenvalue weighted by Crippen LogP contribution is 2.32. The molecule has 11 heteroatoms. The normalized spacial score (nSPS) is 13.4. The van der Waals surface area contributed by atoms with Crippen molar-refractivity contribution in [1.82, 2.24) is 5.32 Å². The maximum Gasteiger partial charge on any atom is 0.270 e. The first kappa shape index (κ1) is 24.6. The number of halogens is 1. The summed E-state index contributed by atoms with van der Waals surface area (Å²) < 4.78 is 5.52. The Kier molecular flexibility index (Phi) is 7.64. The van der Waals surface area contributed by atoms with Crippen molar-refractivity contribution in [2.45, 2.75) is 25.9 Å². The zero-order chi connectivity index (χ0) is 24.9. The van der Waals surface area contributed by atoms with Crippen molar-refractivity contribution in [3.8, 4) is 11.3 Å². The smallest absolute Gasteiger partial charge is 0.270 e. The maximum atomic E-state index is 13.1. The first-order chi connectivity index (χ1) is 16.9. The van der Waals surface area contributed by atoms with Crippen molar-refractivity contribution in [1.29, 1.82) is 0 Å². The lowest BCUT2D eigenvalue weighted by Crippen LogP contribution is -2.36. The van der Waals surface area contributed by atoms with Gasteiger partial charge in [0, 0.05) is 36.5 Å². The molecule has 1 amide bonds. The molecule has 0 radical (unpaired) electrons. The molecule has 1 fully saturated rings. The van der Waals surface area contributed by atoms with Gasteiger partial charge in [-0.1, -0.05) is 11.6 Å². The van der Waals surface area contributed by atoms with Gasteiger partial charge in [0.25, 0.3) is 11.6 Å². The number of benzene rings is 2. The minimum atomic E-state index is -0.540. The van der Waals surface area contributed by atoms with Gasteiger partial charge in [-0.05, 0) is 67.9 Å². The van der Waals surface area contributed by atoms with Gasteiger partial charge >= 0.3 is 0 Å². The minimum Gasteiger partial charge on any atom is -0.459 e. The Morgan fingerprint density at radius 3 is 2.57 bits per heavy atom. The molecule has 0 bridgehead atoms. The van der Waals surface area contributed by atoms with E-state index in [-0.39, 0.29) is 23.0 Å². The fourth-order valence-electron chi connectivity index (χ4n) is 3.96. The first-order valence-electron chi connectivity index (χ1n) is 11.0. The number of carbonyl (C=O) groups is 1. The Bertz CT molecular complexity index is 1270. The van der Waals surface area contributed by atoms with Gasteiger partial charge in [0.15, 0.2) is 5.11 Å². The zero-order valence-corrected chi connectivity index (χ0v) is 20.2. The number of nitrogens with zero attached hydrogens (tertiary/aromatic N) is 2. The molecule has 0 atom stereocenters. The highest BCUT2D eigenvalue weighted by atomic mass is 35.5. The van der Waals surface area contributed by atoms with Crippen LogP contribution in [-0.2, 0) is 6.61 Å². The topological polar surface area (TPSA) is 121 Å². The van der Waals surface area contributed by atoms with E-state index in [1.807, 2.05) is 0 Å². The molecule has 0 spiro atoms. The molecule has 2 aromatic carbocycles. The van der Waals surface area contributed by atoms with Crippen LogP contribution in [0.1, 0.15) is 35.4 Å². The fraction of sp³-hybridized carbons (Fsp3) is 0.250. The standard InChI is InChI=1S/C24H23ClN4O5S/c25-20-12-15(4-7-18(20)22-9-6-17(14-30)34-22)26-24(35)27-23(31)19-13-16(29(32)33)5-8-21(19)28-10-2-1-3-11-28/h4-9,12-13,30H,1-3,10-11,14H2,(H2,26,27,31,35). The van der Waals surface area contributed by atoms with E-state index < -0.39 is 10.8 Å². The number of furan rings is 1. The van der Waals surface area contributed by atoms with Crippen LogP contribution >= 0.6 is 23.8 Å². The molecule has 2 heterocycles. The van der Waals surface area contributed by atoms with Crippen LogP contribution < -0.4 is 15.5 Å². The third-order valence-corrected chi connectivity index (χ3v) is 6.19. The first-order valence-corrected chi connectivity index (χ1v) is 11.8. The zero-order valence-electron chi connectivity index (χ0n) is 18.6. The summed E-state index contributed by atoms with van der Waals surface area (Å²) in [6, 6.07) is 12.7. The van der Waals surface area contributed by atoms with Gasteiger partial charge in [-0.2, -0.15) is 0 Å². The highest BCUT2D eigenvalue weighted by molar-refractivity contribution is 7.80. The molecule has 0 saturated carbocycles. The van der Waals surface area contributed by atoms with Gasteiger partial charge in [0.2, 0.25) is 0 Å². The lowest BCUT2D eigenvalue weighted by Gasteiger charge is -2.30. The van der Waals surface area contributed by atoms with E-state index in [4.69, 9.17) is 28.2 Å². The number of carbonyl (C=O) groups excluding carboxylic acids is 1. The Morgan fingerprint density at radius 1 is 1.14 bits per heavy atom. The molecule has 1 saturated heterocycles. The van der Waals surface area contributed by atoms with E-state index in [1.165, 1.54) is 12.1 Å². The second-order valence-corrected chi connectivity index (χ2v) is 8.85. The summed E-state index contributed by atoms with van der Waals surface area (Å²) >= 11 is 11.7. The van der Waals surface area contributed by atoms with Crippen molar-refractivity contribution in [3.05, 3.63) is 75.0 Å². The summed E-state index contributed by atoms with van der Waals surface area (Å²) in [4.78, 5) is 25.9. The molecule has 3 aromatic rings. The second kappa shape index (κ2) is 10.9. The minimum absolute atomic E-state index is 0.0236. The SMILES string of the molecule is O=C(NC(=S)Nc1ccc(-c2ccc(CO)o2)c(Cl)c1)c1cc([N+](=O)[O-])ccc1N1CCCCC1. The Morgan fingerprint density at radius 2 is 1.91 bits per heavy atom. The predicted octanol–water partition coefficient (Wildman–Crippen LogP) is 5.12. The molecule has 4 rings (SSSR count). The molecule has 1 aliphatic heterocycles. The molecule has 1 aliphatic rings. The molecule has 35 heavy (non-hydrogen) atoms. The van der Waals surface area contributed by atoms with Crippen molar-refractivity contribution >= 4 is 51.9 Å². The van der Waals surface area contributed by atoms with E-state index in [1.54, 1.807) is 36.4 Å². The van der Waals surface area contributed by atoms with E-state index >= 15 is 0 Å². The van der Waals surface area contributed by atoms with Crippen LogP contribution in [0.25, 0.3) is 11.3 Å². The third kappa shape index (κ3) is 5.79. The largest absolute Gasteiger partial charge is 0.459 e. The van der Waals surface area contributed by atoms with Crippen LogP contribution in [0.3, 0.4) is 0 Å². The molecule has 1 aromatic heterocycles. The number of hydrogen-bond acceptors (Lipinski definition) is 7. The summed E-state index contributed by atoms with van der Waals surface area (Å²) in [6.07, 6.45) is 3.10. The number of rotatable bonds is 6. The average Bonchev–Trinajstić information content (AvgIpc) is 3.33. The molecule has 0 unspecified atom stereocenters. The van der Waals surface area contributed by atoms with Crippen LogP contribution in [0.15, 0.2) is 52.9 Å². The van der Waals surface area contributed by atoms with Gasteiger partial charge in [-0.3, -0.25) is 20.2 Å². The monoisotopic (exact) mass is 514 g/mol. The van der Waals surface area contributed by atoms with Gasteiger partial charge < -0.3 is 19.7 Å². The molecule has 182 valence electrons. The van der Waals surface area contributed by atoms with Gasteiger partial charge in [-0.25, -0.2) is 0 Å². The number of nitro groups is 1. The molecule has 0 aliphatic carbocycles. The second-order valence-electron chi connectivity index (χ2n) is 8.03. The Labute approximate surface area is 211 Å². The number of nitro benzene ring substituents is 1. The van der Waals surface area contributed by atoms with Crippen LogP contribution in [0, 0.1) is 10.1 Å². The quantitative estimate of drug-likeness (QED) is 0.235. The van der Waals surface area contributed by atoms with E-state index in [9.17, 15) is 20.0 Å². The summed E-state index contributed by atoms with van der Waals surface area (Å²) in [5.74, 6) is 0.395. The number of nitrogens with one attached hydrogen (secondary N) is 2. The number of non-ortho nitro benzene ring substituents is 1. The average molecular weight is 515 g/mol. The third-order valence-electron chi connectivity index (χ3n) is 5.67. The van der Waals surface area contributed by atoms with Gasteiger partial charge in [0.1, 0.15) is 18.1 Å². The summed E-state index contributed by atoms with van der Waals surface area (Å²) in [6.45, 7) is 1.34. The van der Waals surface area contributed by atoms with E-state index in [0.717, 1.165) is 32.4 Å². The van der Waals surface area contributed by atoms with Crippen molar-refractivity contribution in [2.75, 3.05) is 23.3 Å². The number of amides is 1. The van der Waals surface area contributed by atoms with Crippen LogP contribution in [0.4, 0.5) is 17.1 Å². The van der Waals surface area contributed by atoms with Crippen molar-refractivity contribution in [3.63, 3.8) is 0 Å². The van der Waals surface area contributed by atoms with Crippen LogP contribution in [0.5, 0.6) is 0 Å². The summed E-state index contributed by atoms with van der Waals surface area (Å²) in [5.41, 5.74) is 1.84. The van der Waals surface area contributed by atoms with E-state index in [0.29, 0.717) is 33.5 Å². The van der Waals surface area contributed by atoms with Crippen molar-refractivity contribution in [2.24, 2.45) is 0 Å². The predicted molar refractivity (Wildman–Crippen MR) is 138 cm³/mol. The summed E-state index contributed by atoms with van der Waals surface area (Å²) in [7, 11) is 0. The fourth-order valence-corrected chi connectivity index (χ4v) is 4.45. The maximum absolute atomic E-state index is 13.1. The van der Waals surface area contributed by atoms with Crippen molar-refractivity contribution < 1.29 is 19.2 Å². The number of hydrogen-bond donors (Lipinski definition) is 3. The summed E-state index contributed by atoms with van der Waals surface area (Å²) in [5, 5.41) is 26.4. The number of aliphatic hydroxyl groups excluding tert-OH is 1. The number of piperidine rings is 1. The van der Waals surface area contributed by atoms with Gasteiger partial charge in [-0.15, -0.1) is 0 Å². The van der Waals surface area contributed by atoms with Crippen LogP contribution in [-0.4, -0.2) is 34.1 Å². The number of thiocarbonyl (C=S) groups is 1. The lowest BCUT2D eigenvalue weighted by molar-refractivity contribution is -0.384. The lowest BCUT2D eigenvalue weighted by atomic mass is 10.1. The molecular formula is C24H23ClN4O5S. The number of anilines is 2. The Balaban J connectivity index is 1.49. The molecule has 3 N–H and O–H groups in total. The van der Waals surface area contributed by atoms with E-state index in [2.05, 4.69) is 15.5 Å². The van der Waals surface area contributed by atoms with Crippen LogP contribution in [0.2, 0.25) is 5.02 Å². The Hall–Kier alpha value is -3.47. The molecular weight excluding hydrogens is 492 g/mol. The molecule has 9 nitrogen and oxygen atoms in total. The highest BCUT2D eigenvalue weighted by Gasteiger charge is 2.22. The number of aliphatic hydroxyl groups is 1. The van der Waals surface area contributed by atoms with Gasteiger partial charge in [0.05, 0.1) is 21.2 Å².